The van der Waals surface area contributed by atoms with Gasteiger partial charge in [-0.2, -0.15) is 0 Å². The van der Waals surface area contributed by atoms with Gasteiger partial charge in [0.15, 0.2) is 0 Å². The van der Waals surface area contributed by atoms with E-state index < -0.39 is 22.6 Å². The van der Waals surface area contributed by atoms with E-state index >= 15 is 0 Å². The molecule has 0 aromatic heterocycles. The van der Waals surface area contributed by atoms with Gasteiger partial charge in [-0.25, -0.2) is 0 Å². The van der Waals surface area contributed by atoms with E-state index in [0.717, 1.165) is 149 Å². The number of nitro groups is 3. The fraction of sp³-hybridized carbons (Fsp3) is 0.817. The molecule has 0 spiro atoms. The number of allylic oxidation sites excluding steroid dienone is 9. The molecule has 1 saturated heterocycles. The van der Waals surface area contributed by atoms with E-state index in [2.05, 4.69) is 204 Å². The second kappa shape index (κ2) is 34.3. The standard InChI is InChI=1S/2C11H15NO2.C11H16O2.C11H16.C10H13NO2.C10H17N.C10H14O.C5H6.2CH3I.CH4.3HI.V/c13-12(14)11-7-1-2-10(11)8-3-5-9(11)6-4-8;13-12(14)11-6-2-1-3-10(11)8-4-5-9(11)7-8;12-10(13)11-5-1-2-9(11)7-3-4-8(11)6-7;1-11-6-2-3-10(11)8-4-5-9(11)7-8;12-11(13)10-5-1-2-9(10)7-3-4-8(10)6-7;11-10-5-1-2-9(10)7-3-4-8(10)6-7;1-10-6-2-3-7(10)8-4-5-9(10)11-8;1-2-4-5-3-1;2*1-2;;;;;/h3,5,8-10H,1-2,4,6-7H2;4-5,8-10H,1-3,6-7H2;7-9H,1-6H2,(H,12,13);4-5,8-10H,2-3,6-7H2,1H3;3-4,7-9H,1-2,5-6H2;7-9H,1-6,11H2;4-5,7-9H,2-3,6H2,1H3;1-4H,5H2;2*1H3;1H4;3*1H;/q;;;;;;;;;;;;;;+3/p-3. The van der Waals surface area contributed by atoms with Crippen molar-refractivity contribution in [2.75, 3.05) is 9.86 Å². The number of alkyl halides is 2. The maximum atomic E-state index is 11.4. The van der Waals surface area contributed by atoms with Crippen LogP contribution in [0.25, 0.3) is 0 Å². The van der Waals surface area contributed by atoms with Crippen LogP contribution in [-0.2, 0) is 14.5 Å². The van der Waals surface area contributed by atoms with Gasteiger partial charge in [0, 0.05) is 80.5 Å². The summed E-state index contributed by atoms with van der Waals surface area (Å²) in [4.78, 5) is 49.0. The van der Waals surface area contributed by atoms with E-state index in [9.17, 15) is 40.2 Å². The average Bonchev–Trinajstić information content (AvgIpc) is 1.69. The van der Waals surface area contributed by atoms with Gasteiger partial charge in [0.05, 0.1) is 17.6 Å². The molecule has 16 fully saturated rings. The summed E-state index contributed by atoms with van der Waals surface area (Å²) in [5, 5.41) is 43.2. The Bertz CT molecular complexity index is 3080. The van der Waals surface area contributed by atoms with Gasteiger partial charge in [0.25, 0.3) is 0 Å². The van der Waals surface area contributed by atoms with Gasteiger partial charge < -0.3 is 15.6 Å². The molecule has 15 saturated carbocycles. The van der Waals surface area contributed by atoms with E-state index in [4.69, 9.17) is 10.5 Å². The Hall–Kier alpha value is 0.00442. The number of halogens is 5. The summed E-state index contributed by atoms with van der Waals surface area (Å²) in [5.41, 5.74) is 6.10. The summed E-state index contributed by atoms with van der Waals surface area (Å²) >= 11 is 11.7. The predicted octanol–water partition coefficient (Wildman–Crippen LogP) is 23.0. The zero-order chi connectivity index (χ0) is 71.2. The molecule has 2 aliphatic heterocycles. The summed E-state index contributed by atoms with van der Waals surface area (Å²) in [6.45, 7) is 4.93. The molecule has 0 amide bonds. The summed E-state index contributed by atoms with van der Waals surface area (Å²) in [7, 11) is 0. The van der Waals surface area contributed by atoms with E-state index in [1.807, 2.05) is 9.86 Å². The molecule has 13 nitrogen and oxygen atoms in total. The van der Waals surface area contributed by atoms with Gasteiger partial charge in [-0.05, 0) is 259 Å². The molecule has 23 aliphatic rings. The van der Waals surface area contributed by atoms with Gasteiger partial charge in [0.1, 0.15) is 0 Å². The Morgan fingerprint density at radius 2 is 0.891 bits per heavy atom. The molecule has 2 heterocycles. The summed E-state index contributed by atoms with van der Waals surface area (Å²) in [5.74, 6) is 11.4. The molecule has 23 rings (SSSR count). The van der Waals surface area contributed by atoms with Crippen LogP contribution in [-0.4, -0.2) is 70.1 Å². The number of carboxylic acids is 1. The van der Waals surface area contributed by atoms with Crippen LogP contribution >= 0.6 is 105 Å². The van der Waals surface area contributed by atoms with Crippen LogP contribution in [0, 0.1) is 159 Å². The Morgan fingerprint density at radius 3 is 1.41 bits per heavy atom. The number of aliphatic carboxylic acids is 1. The van der Waals surface area contributed by atoms with Gasteiger partial charge >= 0.3 is 70.8 Å². The third-order valence-corrected chi connectivity index (χ3v) is 32.3. The number of fused-ring (bicyclic) bond motifs is 31. The second-order valence-corrected chi connectivity index (χ2v) is 70.6. The van der Waals surface area contributed by atoms with Crippen LogP contribution in [0.15, 0.2) is 85.1 Å². The molecule has 19 heteroatoms. The van der Waals surface area contributed by atoms with Gasteiger partial charge in [0.2, 0.25) is 16.6 Å². The zero-order valence-electron chi connectivity index (χ0n) is 60.2. The first-order chi connectivity index (χ1) is 48.1. The van der Waals surface area contributed by atoms with Crippen LogP contribution in [0.5, 0.6) is 0 Å². The monoisotopic (exact) mass is 1990 g/mol. The molecule has 28 atom stereocenters. The van der Waals surface area contributed by atoms with Crippen molar-refractivity contribution in [3.8, 4) is 0 Å². The Morgan fingerprint density at radius 1 is 0.455 bits per heavy atom. The van der Waals surface area contributed by atoms with Gasteiger partial charge in [-0.15, -0.1) is 0 Å². The summed E-state index contributed by atoms with van der Waals surface area (Å²) in [6.07, 6.45) is 73.1. The first-order valence-electron chi connectivity index (χ1n) is 39.5. The molecular formula is C82H122I5N4O9V. The van der Waals surface area contributed by atoms with Crippen LogP contribution in [0.1, 0.15) is 240 Å². The van der Waals surface area contributed by atoms with E-state index in [1.54, 1.807) is 0 Å². The second-order valence-electron chi connectivity index (χ2n) is 35.2. The Labute approximate surface area is 671 Å². The van der Waals surface area contributed by atoms with Crippen LogP contribution in [0.2, 0.25) is 0 Å². The molecule has 0 radical (unpaired) electrons. The number of ether oxygens (including phenoxy) is 1. The fourth-order valence-electron chi connectivity index (χ4n) is 28.0. The van der Waals surface area contributed by atoms with Crippen molar-refractivity contribution in [1.29, 1.82) is 0 Å². The molecule has 28 unspecified atom stereocenters. The normalized spacial score (nSPS) is 47.7. The molecule has 0 aromatic rings. The predicted molar refractivity (Wildman–Crippen MR) is 447 cm³/mol. The van der Waals surface area contributed by atoms with Crippen LogP contribution < -0.4 is 5.73 Å². The number of carboxylic acid groups (broad SMARTS) is 1. The van der Waals surface area contributed by atoms with Crippen molar-refractivity contribution >= 4 is 111 Å². The number of carbonyl (C=O) groups is 1. The molecule has 14 bridgehead atoms. The first kappa shape index (κ1) is 82.0. The van der Waals surface area contributed by atoms with E-state index in [1.165, 1.54) is 122 Å². The number of hydrogen-bond acceptors (Lipinski definition) is 9. The molecule has 3 N–H and O–H groups in total. The van der Waals surface area contributed by atoms with Crippen LogP contribution in [0.3, 0.4) is 0 Å². The van der Waals surface area contributed by atoms with E-state index in [-0.39, 0.29) is 50.3 Å². The third-order valence-electron chi connectivity index (χ3n) is 32.3. The topological polar surface area (TPSA) is 202 Å². The quantitative estimate of drug-likeness (QED) is 0.0896. The van der Waals surface area contributed by atoms with E-state index in [0.29, 0.717) is 70.5 Å². The minimum atomic E-state index is -0.558. The molecule has 21 aliphatic carbocycles. The van der Waals surface area contributed by atoms with Crippen LogP contribution in [0.4, 0.5) is 0 Å². The Balaban J connectivity index is 0.000000115. The fourth-order valence-corrected chi connectivity index (χ4v) is 28.0. The molecular weight excluding hydrogens is 1870 g/mol. The number of nitrogens with zero attached hydrogens (tertiary/aromatic N) is 3. The number of hydrogen-bond donors (Lipinski definition) is 2. The SMILES string of the molecule is C.C1=CCC=C1.CC12CCCC1C1C=CC2C1.CC12CCCC1C1C=CC2O1.CI.CI.NC12CCCC1C1CCC2C1.O=C(O)C12CCCC1C1CCC2C1.O=[N+]([O-])C12CCCC1C1C=CC2C1.O=[N+]([O-])C12CCCC1C1C=CC2CC1.O=[N+]([O-])C12CCCCC1C1C=CC2C1.[I][V]([I])[I]. The van der Waals surface area contributed by atoms with Crippen molar-refractivity contribution in [1.82, 2.24) is 0 Å². The van der Waals surface area contributed by atoms with Crippen molar-refractivity contribution in [3.63, 3.8) is 0 Å². The third kappa shape index (κ3) is 14.8. The molecule has 564 valence electrons. The van der Waals surface area contributed by atoms with Gasteiger partial charge in [-0.1, -0.05) is 184 Å². The Kier molecular flexibility index (Phi) is 27.9. The average molecular weight is 1990 g/mol. The molecule has 0 aromatic carbocycles. The minimum absolute atomic E-state index is 0. The van der Waals surface area contributed by atoms with Crippen molar-refractivity contribution in [3.05, 3.63) is 115 Å². The maximum absolute atomic E-state index is 11.4. The van der Waals surface area contributed by atoms with Crippen molar-refractivity contribution in [2.24, 2.45) is 134 Å². The molecule has 101 heavy (non-hydrogen) atoms. The van der Waals surface area contributed by atoms with Crippen molar-refractivity contribution in [2.45, 2.75) is 274 Å². The van der Waals surface area contributed by atoms with Gasteiger partial charge in [-0.3, -0.25) is 35.1 Å². The zero-order valence-corrected chi connectivity index (χ0v) is 72.4. The first-order valence-corrected chi connectivity index (χ1v) is 57.4. The number of rotatable bonds is 4. The number of nitrogens with two attached hydrogens (primary N) is 1. The summed E-state index contributed by atoms with van der Waals surface area (Å²) < 4.78 is 5.83. The van der Waals surface area contributed by atoms with Crippen molar-refractivity contribution < 1.29 is 34.3 Å². The summed E-state index contributed by atoms with van der Waals surface area (Å²) in [6, 6.07) is 0.